The molecule has 0 aliphatic carbocycles. The van der Waals surface area contributed by atoms with Crippen molar-refractivity contribution < 1.29 is 14.3 Å². The third-order valence-electron chi connectivity index (χ3n) is 8.18. The smallest absolute Gasteiger partial charge is 0.258 e. The first kappa shape index (κ1) is 27.4. The molecule has 3 aliphatic heterocycles. The first-order chi connectivity index (χ1) is 20.0. The van der Waals surface area contributed by atoms with Crippen molar-refractivity contribution in [3.8, 4) is 5.75 Å². The normalized spacial score (nSPS) is 18.6. The van der Waals surface area contributed by atoms with Crippen LogP contribution in [-0.2, 0) is 11.3 Å². The summed E-state index contributed by atoms with van der Waals surface area (Å²) in [5.74, 6) is 1.41. The monoisotopic (exact) mass is 555 g/mol. The number of amides is 1. The van der Waals surface area contributed by atoms with Crippen LogP contribution in [0.1, 0.15) is 60.8 Å². The van der Waals surface area contributed by atoms with Crippen molar-refractivity contribution in [1.29, 1.82) is 0 Å². The van der Waals surface area contributed by atoms with Crippen LogP contribution in [-0.4, -0.2) is 45.5 Å². The molecule has 0 saturated carbocycles. The minimum absolute atomic E-state index is 0.0627. The number of methoxy groups -OCH3 is 1. The quantitative estimate of drug-likeness (QED) is 0.266. The predicted molar refractivity (Wildman–Crippen MR) is 165 cm³/mol. The van der Waals surface area contributed by atoms with Crippen molar-refractivity contribution in [3.63, 3.8) is 0 Å². The zero-order valence-electron chi connectivity index (χ0n) is 24.3. The lowest BCUT2D eigenvalue weighted by molar-refractivity contribution is 0.0316. The van der Waals surface area contributed by atoms with Gasteiger partial charge in [-0.2, -0.15) is 0 Å². The van der Waals surface area contributed by atoms with E-state index in [9.17, 15) is 4.79 Å². The number of ether oxygens (including phenoxy) is 2. The SMILES string of the molecule is COC(COc1ccc(C2Nc3ccc(N4Cc5cc(N6CCCCC6)ccc5C4=O)cc3N2)cc1)NCC(C)C. The van der Waals surface area contributed by atoms with Crippen LogP contribution < -0.4 is 30.5 Å². The number of carbonyl (C=O) groups excluding carboxylic acids is 1. The molecule has 0 radical (unpaired) electrons. The molecule has 8 nitrogen and oxygen atoms in total. The Morgan fingerprint density at radius 1 is 0.927 bits per heavy atom. The number of benzene rings is 3. The second-order valence-electron chi connectivity index (χ2n) is 11.6. The maximum atomic E-state index is 13.3. The molecule has 216 valence electrons. The summed E-state index contributed by atoms with van der Waals surface area (Å²) in [6, 6.07) is 20.6. The van der Waals surface area contributed by atoms with Crippen LogP contribution in [0.15, 0.2) is 60.7 Å². The Morgan fingerprint density at radius 3 is 2.44 bits per heavy atom. The number of rotatable bonds is 10. The maximum absolute atomic E-state index is 13.3. The third-order valence-corrected chi connectivity index (χ3v) is 8.18. The molecule has 6 rings (SSSR count). The number of piperidine rings is 1. The van der Waals surface area contributed by atoms with Crippen molar-refractivity contribution in [3.05, 3.63) is 77.4 Å². The fraction of sp³-hybridized carbons (Fsp3) is 0.424. The Hall–Kier alpha value is -3.75. The molecule has 0 aromatic heterocycles. The third kappa shape index (κ3) is 5.99. The molecule has 3 aromatic carbocycles. The van der Waals surface area contributed by atoms with E-state index in [-0.39, 0.29) is 18.3 Å². The molecule has 1 fully saturated rings. The lowest BCUT2D eigenvalue weighted by Gasteiger charge is -2.29. The summed E-state index contributed by atoms with van der Waals surface area (Å²) >= 11 is 0. The van der Waals surface area contributed by atoms with Gasteiger partial charge in [0.05, 0.1) is 17.9 Å². The summed E-state index contributed by atoms with van der Waals surface area (Å²) in [5, 5.41) is 10.5. The fourth-order valence-corrected chi connectivity index (χ4v) is 5.83. The van der Waals surface area contributed by atoms with Crippen molar-refractivity contribution in [1.82, 2.24) is 5.32 Å². The summed E-state index contributed by atoms with van der Waals surface area (Å²) < 4.78 is 11.4. The molecule has 3 aromatic rings. The zero-order valence-corrected chi connectivity index (χ0v) is 24.3. The number of fused-ring (bicyclic) bond motifs is 2. The number of hydrogen-bond acceptors (Lipinski definition) is 7. The highest BCUT2D eigenvalue weighted by Crippen LogP contribution is 2.40. The van der Waals surface area contributed by atoms with Crippen LogP contribution >= 0.6 is 0 Å². The fourth-order valence-electron chi connectivity index (χ4n) is 5.83. The molecule has 1 amide bonds. The Labute approximate surface area is 243 Å². The minimum Gasteiger partial charge on any atom is -0.489 e. The van der Waals surface area contributed by atoms with Crippen LogP contribution in [0.2, 0.25) is 0 Å². The molecule has 3 N–H and O–H groups in total. The van der Waals surface area contributed by atoms with E-state index in [2.05, 4.69) is 71.1 Å². The molecule has 8 heteroatoms. The van der Waals surface area contributed by atoms with Crippen molar-refractivity contribution in [2.45, 2.75) is 52.0 Å². The van der Waals surface area contributed by atoms with Crippen molar-refractivity contribution >= 4 is 28.7 Å². The van der Waals surface area contributed by atoms with Gasteiger partial charge in [-0.3, -0.25) is 10.1 Å². The Kier molecular flexibility index (Phi) is 8.03. The molecule has 0 bridgehead atoms. The van der Waals surface area contributed by atoms with Gasteiger partial charge in [0.1, 0.15) is 24.8 Å². The first-order valence-corrected chi connectivity index (χ1v) is 14.8. The van der Waals surface area contributed by atoms with Crippen molar-refractivity contribution in [2.75, 3.05) is 53.8 Å². The second kappa shape index (κ2) is 12.0. The lowest BCUT2D eigenvalue weighted by atomic mass is 10.1. The Bertz CT molecular complexity index is 1370. The summed E-state index contributed by atoms with van der Waals surface area (Å²) in [6.45, 7) is 8.45. The van der Waals surface area contributed by atoms with E-state index < -0.39 is 0 Å². The molecular weight excluding hydrogens is 514 g/mol. The molecular formula is C33H41N5O3. The maximum Gasteiger partial charge on any atom is 0.258 e. The zero-order chi connectivity index (χ0) is 28.3. The Balaban J connectivity index is 1.08. The molecule has 3 aliphatic rings. The van der Waals surface area contributed by atoms with E-state index in [0.29, 0.717) is 19.1 Å². The highest BCUT2D eigenvalue weighted by atomic mass is 16.5. The van der Waals surface area contributed by atoms with Gasteiger partial charge in [0.2, 0.25) is 0 Å². The van der Waals surface area contributed by atoms with E-state index in [1.807, 2.05) is 29.2 Å². The number of carbonyl (C=O) groups is 1. The molecule has 0 spiro atoms. The van der Waals surface area contributed by atoms with Gasteiger partial charge >= 0.3 is 0 Å². The second-order valence-corrected chi connectivity index (χ2v) is 11.6. The van der Waals surface area contributed by atoms with Gasteiger partial charge in [0.15, 0.2) is 0 Å². The van der Waals surface area contributed by atoms with Crippen LogP contribution in [0.3, 0.4) is 0 Å². The van der Waals surface area contributed by atoms with Gasteiger partial charge in [-0.25, -0.2) is 0 Å². The highest BCUT2D eigenvalue weighted by Gasteiger charge is 2.31. The molecule has 2 unspecified atom stereocenters. The van der Waals surface area contributed by atoms with Gasteiger partial charge in [-0.1, -0.05) is 26.0 Å². The predicted octanol–water partition coefficient (Wildman–Crippen LogP) is 5.97. The number of nitrogens with one attached hydrogen (secondary N) is 3. The van der Waals surface area contributed by atoms with E-state index in [0.717, 1.165) is 59.1 Å². The van der Waals surface area contributed by atoms with Crippen LogP contribution in [0, 0.1) is 5.92 Å². The summed E-state index contributed by atoms with van der Waals surface area (Å²) in [5.41, 5.74) is 7.17. The number of hydrogen-bond donors (Lipinski definition) is 3. The molecule has 41 heavy (non-hydrogen) atoms. The van der Waals surface area contributed by atoms with E-state index in [1.165, 1.54) is 24.9 Å². The standard InChI is InChI=1S/C33H41N5O3/c1-22(2)19-34-31(40-3)21-41-27-11-7-23(8-12-27)32-35-29-14-10-26(18-30(29)36-32)38-20-24-17-25(9-13-28(24)33(38)39)37-15-5-4-6-16-37/h7-14,17-18,22,31-32,34-36H,4-6,15-16,19-21H2,1-3H3. The van der Waals surface area contributed by atoms with Gasteiger partial charge in [-0.15, -0.1) is 0 Å². The molecule has 1 saturated heterocycles. The topological polar surface area (TPSA) is 78.1 Å². The number of anilines is 4. The van der Waals surface area contributed by atoms with Crippen LogP contribution in [0.4, 0.5) is 22.7 Å². The van der Waals surface area contributed by atoms with Gasteiger partial charge in [0.25, 0.3) is 5.91 Å². The average Bonchev–Trinajstić information content (AvgIpc) is 3.58. The van der Waals surface area contributed by atoms with Crippen LogP contribution in [0.25, 0.3) is 0 Å². The summed E-state index contributed by atoms with van der Waals surface area (Å²) in [6.07, 6.45) is 3.57. The average molecular weight is 556 g/mol. The summed E-state index contributed by atoms with van der Waals surface area (Å²) in [4.78, 5) is 17.7. The van der Waals surface area contributed by atoms with E-state index in [4.69, 9.17) is 9.47 Å². The summed E-state index contributed by atoms with van der Waals surface area (Å²) in [7, 11) is 1.69. The van der Waals surface area contributed by atoms with E-state index in [1.54, 1.807) is 7.11 Å². The van der Waals surface area contributed by atoms with Crippen molar-refractivity contribution in [2.24, 2.45) is 5.92 Å². The molecule has 3 heterocycles. The largest absolute Gasteiger partial charge is 0.489 e. The number of nitrogens with zero attached hydrogens (tertiary/aromatic N) is 2. The van der Waals surface area contributed by atoms with Gasteiger partial charge < -0.3 is 29.9 Å². The van der Waals surface area contributed by atoms with Gasteiger partial charge in [-0.05, 0) is 91.4 Å². The first-order valence-electron chi connectivity index (χ1n) is 14.8. The highest BCUT2D eigenvalue weighted by molar-refractivity contribution is 6.10. The molecule has 2 atom stereocenters. The van der Waals surface area contributed by atoms with Crippen LogP contribution in [0.5, 0.6) is 5.75 Å². The van der Waals surface area contributed by atoms with E-state index >= 15 is 0 Å². The minimum atomic E-state index is -0.147. The Morgan fingerprint density at radius 2 is 1.68 bits per heavy atom. The lowest BCUT2D eigenvalue weighted by Crippen LogP contribution is -2.38. The van der Waals surface area contributed by atoms with Gasteiger partial charge in [0, 0.05) is 37.1 Å².